The average Bonchev–Trinajstić information content (AvgIpc) is 3.92. The van der Waals surface area contributed by atoms with E-state index in [1.54, 1.807) is 31.3 Å². The Morgan fingerprint density at radius 2 is 1.59 bits per heavy atom. The molecule has 4 aliphatic rings. The maximum Gasteiger partial charge on any atom is 0.261 e. The zero-order valence-corrected chi connectivity index (χ0v) is 45.8. The van der Waals surface area contributed by atoms with E-state index in [2.05, 4.69) is 48.3 Å². The molecule has 5 aromatic rings. The molecule has 1 unspecified atom stereocenters. The largest absolute Gasteiger partial charge is 0.504 e. The van der Waals surface area contributed by atoms with E-state index >= 15 is 0 Å². The third-order valence-corrected chi connectivity index (χ3v) is 18.0. The molecule has 398 valence electrons. The number of phenols is 1. The van der Waals surface area contributed by atoms with Crippen molar-refractivity contribution in [2.45, 2.75) is 115 Å². The number of carbonyl (C=O) groups is 2. The van der Waals surface area contributed by atoms with Crippen molar-refractivity contribution in [1.29, 1.82) is 0 Å². The summed E-state index contributed by atoms with van der Waals surface area (Å²) < 4.78 is 30.1. The Hall–Kier alpha value is -5.87. The second kappa shape index (κ2) is 25.3. The molecule has 75 heavy (non-hydrogen) atoms. The first kappa shape index (κ1) is 53.9. The third-order valence-electron chi connectivity index (χ3n) is 14.6. The first-order chi connectivity index (χ1) is 36.5. The normalized spacial score (nSPS) is 16.7. The van der Waals surface area contributed by atoms with Gasteiger partial charge in [-0.05, 0) is 129 Å². The number of ether oxygens (including phenoxy) is 5. The number of carbonyl (C=O) groups excluding carboxylic acids is 2. The third kappa shape index (κ3) is 13.4. The lowest BCUT2D eigenvalue weighted by molar-refractivity contribution is -0.107. The molecule has 3 heterocycles. The number of unbranched alkanes of at least 4 members (excludes halogenated alkanes) is 2. The summed E-state index contributed by atoms with van der Waals surface area (Å²) >= 11 is 0. The van der Waals surface area contributed by atoms with Gasteiger partial charge < -0.3 is 39.0 Å². The van der Waals surface area contributed by atoms with Crippen LogP contribution in [0, 0.1) is 12.8 Å². The van der Waals surface area contributed by atoms with Gasteiger partial charge >= 0.3 is 0 Å². The highest BCUT2D eigenvalue weighted by atomic mass is 33.1. The van der Waals surface area contributed by atoms with Crippen LogP contribution in [0.2, 0.25) is 0 Å². The summed E-state index contributed by atoms with van der Waals surface area (Å²) in [6.45, 7) is 10.5. The van der Waals surface area contributed by atoms with Crippen molar-refractivity contribution in [3.8, 4) is 23.0 Å². The maximum absolute atomic E-state index is 14.2. The number of nitrogens with one attached hydrogen (secondary N) is 1. The Morgan fingerprint density at radius 3 is 2.32 bits per heavy atom. The number of phenolic OH excluding ortho intramolecular Hbond substituents is 1. The van der Waals surface area contributed by atoms with Gasteiger partial charge in [-0.2, -0.15) is 0 Å². The summed E-state index contributed by atoms with van der Waals surface area (Å²) in [6, 6.07) is 29.3. The van der Waals surface area contributed by atoms with E-state index in [0.717, 1.165) is 101 Å². The van der Waals surface area contributed by atoms with Gasteiger partial charge in [-0.25, -0.2) is 0 Å². The smallest absolute Gasteiger partial charge is 0.261 e. The molecule has 0 bridgehead atoms. The molecular formula is C60H73N5O8S2. The number of anilines is 4. The highest BCUT2D eigenvalue weighted by Crippen LogP contribution is 2.43. The monoisotopic (exact) mass is 1060 g/mol. The van der Waals surface area contributed by atoms with E-state index < -0.39 is 0 Å². The number of hydrogen-bond acceptors (Lipinski definition) is 13. The van der Waals surface area contributed by atoms with Gasteiger partial charge in [0.25, 0.3) is 5.91 Å². The van der Waals surface area contributed by atoms with Gasteiger partial charge in [-0.15, -0.1) is 0 Å². The number of aryl methyl sites for hydroxylation is 1. The zero-order valence-electron chi connectivity index (χ0n) is 44.2. The van der Waals surface area contributed by atoms with E-state index in [1.807, 2.05) is 94.2 Å². The van der Waals surface area contributed by atoms with Gasteiger partial charge in [-0.1, -0.05) is 77.2 Å². The number of benzene rings is 5. The van der Waals surface area contributed by atoms with Crippen molar-refractivity contribution < 1.29 is 38.4 Å². The zero-order chi connectivity index (χ0) is 52.3. The van der Waals surface area contributed by atoms with Gasteiger partial charge in [0.2, 0.25) is 6.41 Å². The van der Waals surface area contributed by atoms with Crippen LogP contribution >= 0.6 is 21.6 Å². The molecule has 13 nitrogen and oxygen atoms in total. The summed E-state index contributed by atoms with van der Waals surface area (Å²) in [5.74, 6) is 3.21. The van der Waals surface area contributed by atoms with Crippen LogP contribution in [0.15, 0.2) is 96.0 Å². The number of methoxy groups -OCH3 is 2. The van der Waals surface area contributed by atoms with Crippen LogP contribution in [-0.2, 0) is 40.3 Å². The first-order valence-corrected chi connectivity index (χ1v) is 28.9. The minimum atomic E-state index is -0.294. The van der Waals surface area contributed by atoms with Gasteiger partial charge in [0, 0.05) is 91.2 Å². The fourth-order valence-electron chi connectivity index (χ4n) is 10.5. The number of amides is 2. The van der Waals surface area contributed by atoms with Crippen molar-refractivity contribution in [3.63, 3.8) is 0 Å². The Labute approximate surface area is 451 Å². The van der Waals surface area contributed by atoms with E-state index in [4.69, 9.17) is 28.7 Å². The summed E-state index contributed by atoms with van der Waals surface area (Å²) in [7, 11) is 7.25. The van der Waals surface area contributed by atoms with E-state index in [9.17, 15) is 14.7 Å². The Balaban J connectivity index is 0.978. The molecule has 0 radical (unpaired) electrons. The second-order valence-electron chi connectivity index (χ2n) is 20.8. The number of hydrogen-bond donors (Lipinski definition) is 2. The second-order valence-corrected chi connectivity index (χ2v) is 23.9. The summed E-state index contributed by atoms with van der Waals surface area (Å²) in [5.41, 5.74) is 9.44. The van der Waals surface area contributed by atoms with Crippen LogP contribution in [0.4, 0.5) is 28.4 Å². The Bertz CT molecular complexity index is 2800. The number of rotatable bonds is 28. The molecule has 1 fully saturated rings. The number of fused-ring (bicyclic) bond motifs is 5. The highest BCUT2D eigenvalue weighted by Gasteiger charge is 2.37. The molecule has 15 heteroatoms. The van der Waals surface area contributed by atoms with Crippen LogP contribution in [0.1, 0.15) is 103 Å². The maximum atomic E-state index is 14.2. The van der Waals surface area contributed by atoms with Crippen LogP contribution in [-0.4, -0.2) is 93.5 Å². The van der Waals surface area contributed by atoms with Crippen molar-refractivity contribution in [1.82, 2.24) is 0 Å². The van der Waals surface area contributed by atoms with Crippen LogP contribution in [0.5, 0.6) is 23.0 Å². The summed E-state index contributed by atoms with van der Waals surface area (Å²) in [4.78, 5) is 37.5. The van der Waals surface area contributed by atoms with Gasteiger partial charge in [-0.3, -0.25) is 24.4 Å². The number of nitrogens with zero attached hydrogens (tertiary/aromatic N) is 4. The molecule has 5 aromatic carbocycles. The molecule has 0 spiro atoms. The van der Waals surface area contributed by atoms with Crippen molar-refractivity contribution in [3.05, 3.63) is 124 Å². The summed E-state index contributed by atoms with van der Waals surface area (Å²) in [6.07, 6.45) is 13.5. The first-order valence-electron chi connectivity index (χ1n) is 26.6. The summed E-state index contributed by atoms with van der Waals surface area (Å²) in [5, 5.41) is 14.9. The average molecular weight is 1060 g/mol. The van der Waals surface area contributed by atoms with Crippen molar-refractivity contribution >= 4 is 68.6 Å². The van der Waals surface area contributed by atoms with Crippen molar-refractivity contribution in [2.75, 3.05) is 72.9 Å². The quantitative estimate of drug-likeness (QED) is 0.0214. The minimum Gasteiger partial charge on any atom is -0.504 e. The van der Waals surface area contributed by atoms with Gasteiger partial charge in [0.1, 0.15) is 19.4 Å². The minimum absolute atomic E-state index is 0.0255. The highest BCUT2D eigenvalue weighted by molar-refractivity contribution is 8.77. The standard InChI is InChI=1S/C60H73N5O8S2/c1-41-27-54(67)55(34-50(41)62-58-32-46-19-7-9-20-52(46)64(58)40-66)72-37-43-28-44(38-73-57-35-51-49(33-56(57)70-5)59(68)65-48(36-61-51)31-45-18-8-10-21-53(45)65)30-47(29-43)63(22-11-6-12-23-71-25-24-69-4)39-60(2,3)75-74-26-14-17-42-15-13-16-42/h7-10,18-21,27-30,33-36,40,42,48,58,62,67H,6,11-17,22-26,31-32,37-39H2,1-5H3/t48?,58-/m0/s1. The van der Waals surface area contributed by atoms with E-state index in [0.29, 0.717) is 61.2 Å². The van der Waals surface area contributed by atoms with E-state index in [-0.39, 0.29) is 41.8 Å². The SMILES string of the molecule is COCCOCCCCCN(CC(C)(C)SSCCCC1CCC1)c1cc(COc2cc(N[C@@H]3Cc4ccccc4N3C=O)c(C)cc2O)cc(COc2cc3c(cc2OC)C(=O)N2c4ccccc4CC2C=N3)c1. The number of aliphatic imine (C=N–C) groups is 1. The topological polar surface area (TPSA) is 135 Å². The lowest BCUT2D eigenvalue weighted by atomic mass is 9.82. The Kier molecular flexibility index (Phi) is 18.2. The van der Waals surface area contributed by atoms with Crippen LogP contribution in [0.25, 0.3) is 0 Å². The lowest BCUT2D eigenvalue weighted by Crippen LogP contribution is -2.37. The Morgan fingerprint density at radius 1 is 0.840 bits per heavy atom. The number of para-hydroxylation sites is 2. The molecule has 3 aliphatic heterocycles. The van der Waals surface area contributed by atoms with Gasteiger partial charge in [0.05, 0.1) is 37.6 Å². The predicted octanol–water partition coefficient (Wildman–Crippen LogP) is 12.5. The van der Waals surface area contributed by atoms with Crippen LogP contribution in [0.3, 0.4) is 0 Å². The predicted molar refractivity (Wildman–Crippen MR) is 305 cm³/mol. The van der Waals surface area contributed by atoms with Crippen LogP contribution < -0.4 is 34.2 Å². The molecule has 2 amide bonds. The van der Waals surface area contributed by atoms with Crippen molar-refractivity contribution in [2.24, 2.45) is 10.9 Å². The molecule has 0 aromatic heterocycles. The molecule has 1 saturated carbocycles. The molecule has 2 N–H and O–H groups in total. The lowest BCUT2D eigenvalue weighted by Gasteiger charge is -2.34. The fraction of sp³-hybridized carbons (Fsp3) is 0.450. The van der Waals surface area contributed by atoms with Gasteiger partial charge in [0.15, 0.2) is 23.0 Å². The molecule has 1 aliphatic carbocycles. The molecular weight excluding hydrogens is 983 g/mol. The molecule has 0 saturated heterocycles. The molecule has 2 atom stereocenters. The van der Waals surface area contributed by atoms with E-state index in [1.165, 1.54) is 32.1 Å². The number of aromatic hydroxyl groups is 1. The fourth-order valence-corrected chi connectivity index (χ4v) is 13.1. The molecule has 9 rings (SSSR count).